The van der Waals surface area contributed by atoms with Gasteiger partial charge >= 0.3 is 0 Å². The zero-order valence-electron chi connectivity index (χ0n) is 66.7. The Morgan fingerprint density at radius 1 is 0.153 bits per heavy atom. The first-order chi connectivity index (χ1) is 48.7. The van der Waals surface area contributed by atoms with Crippen molar-refractivity contribution in [2.45, 2.75) is 439 Å². The summed E-state index contributed by atoms with van der Waals surface area (Å²) in [5.74, 6) is 0. The highest BCUT2D eigenvalue weighted by molar-refractivity contribution is 7.19. The van der Waals surface area contributed by atoms with Crippen LogP contribution in [0.25, 0.3) is 0 Å². The Kier molecular flexibility index (Phi) is 62.1. The van der Waals surface area contributed by atoms with Gasteiger partial charge in [-0.1, -0.05) is 509 Å². The summed E-state index contributed by atoms with van der Waals surface area (Å²) < 4.78 is 1.49. The molecular formula is C96H168BN. The number of nitrogens with zero attached hydrogens (tertiary/aromatic N) is 1. The molecule has 0 unspecified atom stereocenters. The molecule has 0 aliphatic heterocycles. The number of quaternary nitrogens is 1. The van der Waals surface area contributed by atoms with E-state index in [4.69, 9.17) is 0 Å². The third-order valence-corrected chi connectivity index (χ3v) is 23.1. The van der Waals surface area contributed by atoms with E-state index in [0.29, 0.717) is 0 Å². The van der Waals surface area contributed by atoms with Crippen molar-refractivity contribution in [1.29, 1.82) is 0 Å². The average molecular weight is 1350 g/mol. The van der Waals surface area contributed by atoms with Crippen molar-refractivity contribution in [3.8, 4) is 0 Å². The molecule has 0 saturated carbocycles. The monoisotopic (exact) mass is 1350 g/mol. The molecule has 0 atom stereocenters. The summed E-state index contributed by atoms with van der Waals surface area (Å²) in [6, 6.07) is 43.5. The lowest BCUT2D eigenvalue weighted by atomic mass is 9.13. The van der Waals surface area contributed by atoms with Crippen molar-refractivity contribution < 1.29 is 4.48 Å². The second-order valence-electron chi connectivity index (χ2n) is 32.0. The van der Waals surface area contributed by atoms with Crippen LogP contribution in [0.5, 0.6) is 0 Å². The van der Waals surface area contributed by atoms with Gasteiger partial charge in [0.15, 0.2) is 0 Å². The van der Waals surface area contributed by atoms with E-state index in [1.54, 1.807) is 0 Å². The molecule has 0 spiro atoms. The van der Waals surface area contributed by atoms with E-state index in [1.165, 1.54) is 463 Å². The molecule has 0 radical (unpaired) electrons. The van der Waals surface area contributed by atoms with Crippen LogP contribution in [0, 0.1) is 0 Å². The topological polar surface area (TPSA) is 0 Å². The molecule has 0 N–H and O–H groups in total. The van der Waals surface area contributed by atoms with Crippen molar-refractivity contribution in [2.75, 3.05) is 26.2 Å². The van der Waals surface area contributed by atoms with E-state index in [0.717, 1.165) is 0 Å². The fourth-order valence-electron chi connectivity index (χ4n) is 16.8. The zero-order chi connectivity index (χ0) is 69.5. The minimum Gasteiger partial charge on any atom is -0.324 e. The molecule has 0 saturated heterocycles. The standard InChI is InChI=1S/C72H148N.C24H20B/c1-5-9-13-17-21-25-29-33-37-41-45-49-53-57-61-65-69-73(70-66-62-58-54-50-46-42-38-34-30-26-22-18-14-10-6-2,71-67-63-59-55-51-47-43-39-35-31-27-23-19-15-11-7-3)72-68-64-60-56-52-48-44-40-36-32-28-24-20-16-12-8-4;1-5-13-21(14-6-1)25(22-15-7-2-8-16-22,23-17-9-3-10-18-23)24-19-11-4-12-20-24/h5-72H2,1-4H3;1-20H/q+1;-1. The predicted molar refractivity (Wildman–Crippen MR) is 448 cm³/mol. The van der Waals surface area contributed by atoms with Gasteiger partial charge in [0.05, 0.1) is 26.2 Å². The van der Waals surface area contributed by atoms with Crippen molar-refractivity contribution >= 4 is 28.0 Å². The highest BCUT2D eigenvalue weighted by Gasteiger charge is 2.31. The summed E-state index contributed by atoms with van der Waals surface area (Å²) in [7, 11) is 0. The first-order valence-electron chi connectivity index (χ1n) is 44.9. The number of benzene rings is 4. The lowest BCUT2D eigenvalue weighted by molar-refractivity contribution is -0.929. The molecule has 98 heavy (non-hydrogen) atoms. The van der Waals surface area contributed by atoms with Gasteiger partial charge in [-0.3, -0.25) is 0 Å². The van der Waals surface area contributed by atoms with Gasteiger partial charge in [0, 0.05) is 0 Å². The first kappa shape index (κ1) is 89.1. The summed E-state index contributed by atoms with van der Waals surface area (Å²) in [6.07, 6.45) is 93.5. The van der Waals surface area contributed by atoms with E-state index in [-0.39, 0.29) is 0 Å². The van der Waals surface area contributed by atoms with Gasteiger partial charge in [-0.05, 0) is 51.4 Å². The molecule has 2 heteroatoms. The third-order valence-electron chi connectivity index (χ3n) is 23.1. The minimum atomic E-state index is -1.22. The van der Waals surface area contributed by atoms with Crippen LogP contribution in [0.2, 0.25) is 0 Å². The number of unbranched alkanes of at least 4 members (excludes halogenated alkanes) is 60. The van der Waals surface area contributed by atoms with Crippen molar-refractivity contribution in [3.63, 3.8) is 0 Å². The number of hydrogen-bond donors (Lipinski definition) is 0. The summed E-state index contributed by atoms with van der Waals surface area (Å²) in [4.78, 5) is 0. The maximum atomic E-state index is 2.33. The fourth-order valence-corrected chi connectivity index (χ4v) is 16.8. The molecular weight excluding hydrogens is 1180 g/mol. The molecule has 0 aromatic heterocycles. The van der Waals surface area contributed by atoms with E-state index < -0.39 is 6.15 Å². The van der Waals surface area contributed by atoms with Gasteiger partial charge < -0.3 is 4.48 Å². The summed E-state index contributed by atoms with van der Waals surface area (Å²) in [6.45, 7) is 15.3. The molecule has 0 fully saturated rings. The summed E-state index contributed by atoms with van der Waals surface area (Å²) in [5.41, 5.74) is 5.36. The highest BCUT2D eigenvalue weighted by Crippen LogP contribution is 2.24. The second kappa shape index (κ2) is 68.3. The van der Waals surface area contributed by atoms with E-state index in [2.05, 4.69) is 149 Å². The molecule has 4 aromatic rings. The summed E-state index contributed by atoms with van der Waals surface area (Å²) in [5, 5.41) is 0. The highest BCUT2D eigenvalue weighted by atomic mass is 15.3. The quantitative estimate of drug-likeness (QED) is 0.0235. The molecule has 4 aromatic carbocycles. The van der Waals surface area contributed by atoms with Crippen LogP contribution < -0.4 is 21.9 Å². The smallest absolute Gasteiger partial charge is 0.108 e. The van der Waals surface area contributed by atoms with Gasteiger partial charge in [0.2, 0.25) is 0 Å². The Bertz CT molecular complexity index is 1840. The van der Waals surface area contributed by atoms with Gasteiger partial charge in [-0.2, -0.15) is 21.9 Å². The molecule has 0 bridgehead atoms. The number of rotatable bonds is 72. The van der Waals surface area contributed by atoms with Crippen LogP contribution >= 0.6 is 0 Å². The fraction of sp³-hybridized carbons (Fsp3) is 0.750. The van der Waals surface area contributed by atoms with Crippen LogP contribution in [0.3, 0.4) is 0 Å². The Morgan fingerprint density at radius 2 is 0.265 bits per heavy atom. The van der Waals surface area contributed by atoms with Gasteiger partial charge in [-0.15, -0.1) is 0 Å². The zero-order valence-corrected chi connectivity index (χ0v) is 66.7. The second-order valence-corrected chi connectivity index (χ2v) is 32.0. The predicted octanol–water partition coefficient (Wildman–Crippen LogP) is 29.9. The van der Waals surface area contributed by atoms with Gasteiger partial charge in [-0.25, -0.2) is 0 Å². The maximum Gasteiger partial charge on any atom is 0.108 e. The molecule has 1 nitrogen and oxygen atoms in total. The number of hydrogen-bond acceptors (Lipinski definition) is 0. The van der Waals surface area contributed by atoms with Gasteiger partial charge in [0.25, 0.3) is 0 Å². The largest absolute Gasteiger partial charge is 0.324 e. The molecule has 0 amide bonds. The van der Waals surface area contributed by atoms with Crippen LogP contribution in [-0.4, -0.2) is 36.8 Å². The van der Waals surface area contributed by atoms with E-state index in [1.807, 2.05) is 0 Å². The Balaban J connectivity index is 0.000000816. The van der Waals surface area contributed by atoms with E-state index >= 15 is 0 Å². The van der Waals surface area contributed by atoms with Crippen molar-refractivity contribution in [3.05, 3.63) is 121 Å². The van der Waals surface area contributed by atoms with Gasteiger partial charge in [0.1, 0.15) is 6.15 Å². The molecule has 0 aliphatic rings. The SMILES string of the molecule is CCCCCCCCCCCCCCCCCC[N+](CCCCCCCCCCCCCCCCCC)(CCCCCCCCCCCCCCCCCC)CCCCCCCCCCCCCCCCCC.c1ccc([B-](c2ccccc2)(c2ccccc2)c2ccccc2)cc1. The minimum absolute atomic E-state index is 1.22. The molecule has 4 rings (SSSR count). The van der Waals surface area contributed by atoms with Crippen LogP contribution in [0.15, 0.2) is 121 Å². The normalized spacial score (nSPS) is 11.8. The summed E-state index contributed by atoms with van der Waals surface area (Å²) >= 11 is 0. The molecule has 0 heterocycles. The van der Waals surface area contributed by atoms with Crippen molar-refractivity contribution in [2.24, 2.45) is 0 Å². The lowest BCUT2D eigenvalue weighted by Gasteiger charge is -2.44. The van der Waals surface area contributed by atoms with Crippen LogP contribution in [-0.2, 0) is 0 Å². The van der Waals surface area contributed by atoms with Crippen LogP contribution in [0.4, 0.5) is 0 Å². The maximum absolute atomic E-state index is 2.33. The Hall–Kier alpha value is -3.10. The average Bonchev–Trinajstić information content (AvgIpc) is 0.741. The molecule has 0 aliphatic carbocycles. The first-order valence-corrected chi connectivity index (χ1v) is 44.9. The lowest BCUT2D eigenvalue weighted by Crippen LogP contribution is -2.74. The van der Waals surface area contributed by atoms with Crippen LogP contribution in [0.1, 0.15) is 439 Å². The Morgan fingerprint density at radius 3 is 0.388 bits per heavy atom. The van der Waals surface area contributed by atoms with Crippen molar-refractivity contribution in [1.82, 2.24) is 0 Å². The molecule has 560 valence electrons. The Labute approximate surface area is 615 Å². The van der Waals surface area contributed by atoms with E-state index in [9.17, 15) is 0 Å². The third kappa shape index (κ3) is 47.2.